The zero-order chi connectivity index (χ0) is 14.7. The number of hydrogen-bond donors (Lipinski definition) is 1. The first kappa shape index (κ1) is 17.3. The van der Waals surface area contributed by atoms with E-state index in [9.17, 15) is 0 Å². The van der Waals surface area contributed by atoms with Crippen LogP contribution < -0.4 is 10.5 Å². The lowest BCUT2D eigenvalue weighted by Crippen LogP contribution is -2.10. The highest BCUT2D eigenvalue weighted by atomic mass is 35.5. The Morgan fingerprint density at radius 2 is 2.00 bits per heavy atom. The molecule has 106 valence electrons. The second kappa shape index (κ2) is 10.3. The number of likely N-dealkylation sites (tertiary alicyclic amines) is 1. The van der Waals surface area contributed by atoms with Crippen LogP contribution in [0.1, 0.15) is 26.7 Å². The molecule has 0 aromatic carbocycles. The molecule has 0 bridgehead atoms. The van der Waals surface area contributed by atoms with E-state index in [2.05, 4.69) is 11.2 Å². The number of rotatable bonds is 1. The molecular weight excluding hydrogens is 264 g/mol. The Morgan fingerprint density at radius 1 is 1.42 bits per heavy atom. The van der Waals surface area contributed by atoms with Crippen molar-refractivity contribution in [2.24, 2.45) is 0 Å². The van der Waals surface area contributed by atoms with Crippen molar-refractivity contribution in [3.05, 3.63) is 17.3 Å². The predicted octanol–water partition coefficient (Wildman–Crippen LogP) is 2.92. The van der Waals surface area contributed by atoms with Crippen molar-refractivity contribution in [3.8, 4) is 11.9 Å². The van der Waals surface area contributed by atoms with Crippen molar-refractivity contribution in [1.29, 1.82) is 5.26 Å². The summed E-state index contributed by atoms with van der Waals surface area (Å²) in [7, 11) is 1.53. The molecule has 0 radical (unpaired) electrons. The van der Waals surface area contributed by atoms with Crippen molar-refractivity contribution in [2.75, 3.05) is 25.9 Å². The monoisotopic (exact) mass is 284 g/mol. The number of halogens is 1. The van der Waals surface area contributed by atoms with Crippen molar-refractivity contribution in [2.45, 2.75) is 26.7 Å². The van der Waals surface area contributed by atoms with E-state index in [1.807, 2.05) is 13.8 Å². The predicted molar refractivity (Wildman–Crippen MR) is 78.0 cm³/mol. The Bertz CT molecular complexity index is 400. The normalized spacial score (nSPS) is 12.5. The van der Waals surface area contributed by atoms with Crippen LogP contribution in [0.25, 0.3) is 0 Å². The quantitative estimate of drug-likeness (QED) is 0.803. The molecule has 2 rings (SSSR count). The van der Waals surface area contributed by atoms with Gasteiger partial charge >= 0.3 is 0 Å². The summed E-state index contributed by atoms with van der Waals surface area (Å²) in [5.74, 6) is 0.843. The molecular formula is C13H21ClN4O. The standard InChI is InChI=1S/C6H7ClN2O.C5H8N2.C2H6/c1-10-4-2-3-9-6(8)5(4)7;6-5-7-3-1-2-4-7;1-2/h2-3H,1H3,(H2,8,9);1-4H2;1-2H3. The van der Waals surface area contributed by atoms with Crippen LogP contribution in [0.15, 0.2) is 12.3 Å². The molecule has 1 fully saturated rings. The van der Waals surface area contributed by atoms with E-state index in [1.165, 1.54) is 20.0 Å². The van der Waals surface area contributed by atoms with Gasteiger partial charge in [0, 0.05) is 25.4 Å². The lowest BCUT2D eigenvalue weighted by molar-refractivity contribution is 0.415. The summed E-state index contributed by atoms with van der Waals surface area (Å²) >= 11 is 5.68. The second-order valence-electron chi connectivity index (χ2n) is 3.51. The van der Waals surface area contributed by atoms with Gasteiger partial charge in [-0.1, -0.05) is 25.4 Å². The molecule has 1 aromatic rings. The molecule has 0 spiro atoms. The Kier molecular flexibility index (Phi) is 9.37. The van der Waals surface area contributed by atoms with Crippen molar-refractivity contribution in [3.63, 3.8) is 0 Å². The van der Waals surface area contributed by atoms with Gasteiger partial charge in [-0.05, 0) is 12.8 Å². The summed E-state index contributed by atoms with van der Waals surface area (Å²) in [6.07, 6.45) is 6.04. The molecule has 0 unspecified atom stereocenters. The molecule has 1 saturated heterocycles. The molecule has 0 aliphatic carbocycles. The minimum atomic E-state index is 0.293. The van der Waals surface area contributed by atoms with Gasteiger partial charge in [-0.25, -0.2) is 4.98 Å². The fourth-order valence-electron chi connectivity index (χ4n) is 1.42. The third-order valence-electron chi connectivity index (χ3n) is 2.35. The molecule has 1 aliphatic rings. The van der Waals surface area contributed by atoms with Crippen LogP contribution in [0.3, 0.4) is 0 Å². The molecule has 2 heterocycles. The highest BCUT2D eigenvalue weighted by molar-refractivity contribution is 6.34. The number of nitrogens with zero attached hydrogens (tertiary/aromatic N) is 3. The van der Waals surface area contributed by atoms with E-state index >= 15 is 0 Å². The number of anilines is 1. The van der Waals surface area contributed by atoms with Crippen molar-refractivity contribution < 1.29 is 4.74 Å². The number of aromatic nitrogens is 1. The number of nitrogens with two attached hydrogens (primary N) is 1. The SMILES string of the molecule is CC.COc1ccnc(N)c1Cl.N#CN1CCCC1. The molecule has 0 atom stereocenters. The van der Waals surface area contributed by atoms with Gasteiger partial charge in [0.15, 0.2) is 6.19 Å². The van der Waals surface area contributed by atoms with Gasteiger partial charge in [-0.3, -0.25) is 0 Å². The van der Waals surface area contributed by atoms with Gasteiger partial charge in [0.1, 0.15) is 16.6 Å². The van der Waals surface area contributed by atoms with Crippen LogP contribution in [0.2, 0.25) is 5.02 Å². The van der Waals surface area contributed by atoms with E-state index in [4.69, 9.17) is 27.3 Å². The molecule has 5 nitrogen and oxygen atoms in total. The topological polar surface area (TPSA) is 75.2 Å². The number of ether oxygens (including phenoxy) is 1. The smallest absolute Gasteiger partial charge is 0.179 e. The van der Waals surface area contributed by atoms with Crippen molar-refractivity contribution in [1.82, 2.24) is 9.88 Å². The Hall–Kier alpha value is -1.67. The molecule has 6 heteroatoms. The summed E-state index contributed by atoms with van der Waals surface area (Å²) in [6, 6.07) is 1.65. The van der Waals surface area contributed by atoms with Gasteiger partial charge in [0.2, 0.25) is 0 Å². The minimum Gasteiger partial charge on any atom is -0.495 e. The van der Waals surface area contributed by atoms with Crippen LogP contribution in [0.4, 0.5) is 5.82 Å². The number of hydrogen-bond acceptors (Lipinski definition) is 5. The van der Waals surface area contributed by atoms with E-state index < -0.39 is 0 Å². The zero-order valence-corrected chi connectivity index (χ0v) is 12.4. The van der Waals surface area contributed by atoms with Gasteiger partial charge in [-0.15, -0.1) is 0 Å². The molecule has 1 aromatic heterocycles. The van der Waals surface area contributed by atoms with E-state index in [1.54, 1.807) is 17.2 Å². The Balaban J connectivity index is 0.000000316. The molecule has 2 N–H and O–H groups in total. The molecule has 0 saturated carbocycles. The average molecular weight is 285 g/mol. The van der Waals surface area contributed by atoms with Gasteiger partial charge in [0.05, 0.1) is 7.11 Å². The van der Waals surface area contributed by atoms with Crippen LogP contribution in [0.5, 0.6) is 5.75 Å². The summed E-state index contributed by atoms with van der Waals surface area (Å²) in [5.41, 5.74) is 5.37. The Labute approximate surface area is 119 Å². The second-order valence-corrected chi connectivity index (χ2v) is 3.88. The van der Waals surface area contributed by atoms with E-state index in [0.717, 1.165) is 13.1 Å². The van der Waals surface area contributed by atoms with Gasteiger partial charge in [-0.2, -0.15) is 5.26 Å². The summed E-state index contributed by atoms with van der Waals surface area (Å²) in [6.45, 7) is 5.97. The fraction of sp³-hybridized carbons (Fsp3) is 0.538. The lowest BCUT2D eigenvalue weighted by Gasteiger charge is -2.02. The van der Waals surface area contributed by atoms with Gasteiger partial charge < -0.3 is 15.4 Å². The molecule has 1 aliphatic heterocycles. The van der Waals surface area contributed by atoms with Crippen LogP contribution >= 0.6 is 11.6 Å². The summed E-state index contributed by atoms with van der Waals surface area (Å²) < 4.78 is 4.87. The first-order valence-electron chi connectivity index (χ1n) is 6.27. The first-order valence-corrected chi connectivity index (χ1v) is 6.65. The highest BCUT2D eigenvalue weighted by Crippen LogP contribution is 2.26. The molecule has 0 amide bonds. The highest BCUT2D eigenvalue weighted by Gasteiger charge is 2.06. The van der Waals surface area contributed by atoms with E-state index in [-0.39, 0.29) is 0 Å². The zero-order valence-electron chi connectivity index (χ0n) is 11.7. The molecule has 19 heavy (non-hydrogen) atoms. The van der Waals surface area contributed by atoms with Crippen molar-refractivity contribution >= 4 is 17.4 Å². The number of pyridine rings is 1. The van der Waals surface area contributed by atoms with Crippen LogP contribution in [-0.2, 0) is 0 Å². The average Bonchev–Trinajstić information content (AvgIpc) is 2.98. The van der Waals surface area contributed by atoms with Gasteiger partial charge in [0.25, 0.3) is 0 Å². The number of nitriles is 1. The summed E-state index contributed by atoms with van der Waals surface area (Å²) in [4.78, 5) is 5.54. The fourth-order valence-corrected chi connectivity index (χ4v) is 1.61. The number of nitrogen functional groups attached to an aromatic ring is 1. The maximum Gasteiger partial charge on any atom is 0.179 e. The maximum absolute atomic E-state index is 8.24. The van der Waals surface area contributed by atoms with Crippen LogP contribution in [0, 0.1) is 11.5 Å². The largest absolute Gasteiger partial charge is 0.495 e. The summed E-state index contributed by atoms with van der Waals surface area (Å²) in [5, 5.41) is 8.61. The third-order valence-corrected chi connectivity index (χ3v) is 2.73. The van der Waals surface area contributed by atoms with E-state index in [0.29, 0.717) is 16.6 Å². The van der Waals surface area contributed by atoms with Crippen LogP contribution in [-0.4, -0.2) is 30.1 Å². The third kappa shape index (κ3) is 6.16. The maximum atomic E-state index is 8.24. The Morgan fingerprint density at radius 3 is 2.37 bits per heavy atom. The first-order chi connectivity index (χ1) is 9.19. The minimum absolute atomic E-state index is 0.293. The lowest BCUT2D eigenvalue weighted by atomic mass is 10.4. The number of methoxy groups -OCH3 is 1.